The quantitative estimate of drug-likeness (QED) is 0.912. The van der Waals surface area contributed by atoms with Crippen LogP contribution in [0.1, 0.15) is 31.4 Å². The molecule has 4 heteroatoms. The van der Waals surface area contributed by atoms with E-state index in [1.54, 1.807) is 6.07 Å². The molecule has 1 heterocycles. The molecule has 2 atom stereocenters. The maximum Gasteiger partial charge on any atom is 0.0474 e. The third-order valence-electron chi connectivity index (χ3n) is 3.64. The van der Waals surface area contributed by atoms with Crippen molar-refractivity contribution in [3.8, 4) is 0 Å². The second kappa shape index (κ2) is 6.25. The summed E-state index contributed by atoms with van der Waals surface area (Å²) in [5.41, 5.74) is 1.03. The lowest BCUT2D eigenvalue weighted by atomic mass is 9.93. The Labute approximate surface area is 119 Å². The first-order valence-corrected chi connectivity index (χ1v) is 7.19. The Morgan fingerprint density at radius 1 is 1.28 bits per heavy atom. The van der Waals surface area contributed by atoms with Crippen molar-refractivity contribution < 1.29 is 5.11 Å². The van der Waals surface area contributed by atoms with E-state index < -0.39 is 0 Å². The molecule has 18 heavy (non-hydrogen) atoms. The highest BCUT2D eigenvalue weighted by Crippen LogP contribution is 2.36. The van der Waals surface area contributed by atoms with Crippen molar-refractivity contribution in [2.24, 2.45) is 5.92 Å². The summed E-state index contributed by atoms with van der Waals surface area (Å²) in [6.07, 6.45) is 2.43. The molecule has 0 aliphatic carbocycles. The molecule has 1 N–H and O–H groups in total. The van der Waals surface area contributed by atoms with E-state index in [4.69, 9.17) is 23.2 Å². The normalized spacial score (nSPS) is 20.0. The molecule has 0 amide bonds. The maximum atomic E-state index is 9.48. The molecule has 0 spiro atoms. The van der Waals surface area contributed by atoms with E-state index in [1.807, 2.05) is 12.1 Å². The van der Waals surface area contributed by atoms with Gasteiger partial charge in [0, 0.05) is 22.7 Å². The smallest absolute Gasteiger partial charge is 0.0474 e. The van der Waals surface area contributed by atoms with Crippen molar-refractivity contribution >= 4 is 23.2 Å². The van der Waals surface area contributed by atoms with Gasteiger partial charge in [0.2, 0.25) is 0 Å². The summed E-state index contributed by atoms with van der Waals surface area (Å²) in [6.45, 7) is 4.35. The first-order valence-electron chi connectivity index (χ1n) is 6.43. The number of aliphatic hydroxyl groups excluding tert-OH is 1. The van der Waals surface area contributed by atoms with E-state index in [1.165, 1.54) is 12.8 Å². The van der Waals surface area contributed by atoms with Gasteiger partial charge in [-0.25, -0.2) is 0 Å². The Bertz CT molecular complexity index is 405. The van der Waals surface area contributed by atoms with Crippen molar-refractivity contribution in [1.82, 2.24) is 4.90 Å². The van der Waals surface area contributed by atoms with Gasteiger partial charge >= 0.3 is 0 Å². The molecule has 2 unspecified atom stereocenters. The third-order valence-corrected chi connectivity index (χ3v) is 4.22. The lowest BCUT2D eigenvalue weighted by Gasteiger charge is -2.32. The average Bonchev–Trinajstić information content (AvgIpc) is 2.87. The van der Waals surface area contributed by atoms with Crippen molar-refractivity contribution in [2.45, 2.75) is 25.8 Å². The zero-order valence-electron chi connectivity index (χ0n) is 10.6. The average molecular weight is 288 g/mol. The highest BCUT2D eigenvalue weighted by atomic mass is 35.5. The number of hydrogen-bond donors (Lipinski definition) is 1. The van der Waals surface area contributed by atoms with Gasteiger partial charge in [-0.15, -0.1) is 0 Å². The zero-order valence-corrected chi connectivity index (χ0v) is 12.1. The van der Waals surface area contributed by atoms with Crippen LogP contribution >= 0.6 is 23.2 Å². The van der Waals surface area contributed by atoms with E-state index in [2.05, 4.69) is 11.8 Å². The standard InChI is InChI=1S/C14H19Cl2NO/c1-10(9-18)14(17-6-2-3-7-17)12-8-11(15)4-5-13(12)16/h4-5,8,10,14,18H,2-3,6-7,9H2,1H3. The van der Waals surface area contributed by atoms with Gasteiger partial charge in [0.25, 0.3) is 0 Å². The van der Waals surface area contributed by atoms with Gasteiger partial charge in [-0.2, -0.15) is 0 Å². The fourth-order valence-electron chi connectivity index (χ4n) is 2.72. The van der Waals surface area contributed by atoms with Gasteiger partial charge < -0.3 is 5.11 Å². The van der Waals surface area contributed by atoms with Gasteiger partial charge in [0.05, 0.1) is 0 Å². The number of aliphatic hydroxyl groups is 1. The summed E-state index contributed by atoms with van der Waals surface area (Å²) < 4.78 is 0. The van der Waals surface area contributed by atoms with Gasteiger partial charge in [-0.05, 0) is 55.6 Å². The van der Waals surface area contributed by atoms with Crippen LogP contribution in [0.2, 0.25) is 10.0 Å². The molecule has 0 aromatic heterocycles. The van der Waals surface area contributed by atoms with Crippen molar-refractivity contribution in [2.75, 3.05) is 19.7 Å². The number of rotatable bonds is 4. The topological polar surface area (TPSA) is 23.5 Å². The van der Waals surface area contributed by atoms with E-state index in [-0.39, 0.29) is 18.6 Å². The monoisotopic (exact) mass is 287 g/mol. The fraction of sp³-hybridized carbons (Fsp3) is 0.571. The summed E-state index contributed by atoms with van der Waals surface area (Å²) >= 11 is 12.4. The van der Waals surface area contributed by atoms with Crippen LogP contribution in [0.25, 0.3) is 0 Å². The van der Waals surface area contributed by atoms with Crippen LogP contribution in [0, 0.1) is 5.92 Å². The van der Waals surface area contributed by atoms with Crippen LogP contribution in [0.5, 0.6) is 0 Å². The minimum atomic E-state index is 0.152. The molecule has 2 nitrogen and oxygen atoms in total. The summed E-state index contributed by atoms with van der Waals surface area (Å²) in [7, 11) is 0. The molecule has 2 rings (SSSR count). The zero-order chi connectivity index (χ0) is 13.1. The minimum absolute atomic E-state index is 0.152. The maximum absolute atomic E-state index is 9.48. The molecule has 1 aliphatic heterocycles. The van der Waals surface area contributed by atoms with E-state index in [9.17, 15) is 5.11 Å². The molecule has 0 radical (unpaired) electrons. The first kappa shape index (κ1) is 14.1. The molecule has 1 aromatic carbocycles. The molecule has 1 aliphatic rings. The second-order valence-electron chi connectivity index (χ2n) is 5.01. The first-order chi connectivity index (χ1) is 8.63. The van der Waals surface area contributed by atoms with Crippen LogP contribution in [0.3, 0.4) is 0 Å². The molecule has 0 saturated carbocycles. The Hall–Kier alpha value is -0.280. The van der Waals surface area contributed by atoms with Crippen LogP contribution in [0.15, 0.2) is 18.2 Å². The molecule has 0 bridgehead atoms. The summed E-state index contributed by atoms with van der Waals surface area (Å²) in [5, 5.41) is 10.9. The lowest BCUT2D eigenvalue weighted by Crippen LogP contribution is -2.32. The summed E-state index contributed by atoms with van der Waals surface area (Å²) in [6, 6.07) is 5.73. The Morgan fingerprint density at radius 2 is 1.94 bits per heavy atom. The molecular weight excluding hydrogens is 269 g/mol. The lowest BCUT2D eigenvalue weighted by molar-refractivity contribution is 0.126. The molecule has 1 saturated heterocycles. The minimum Gasteiger partial charge on any atom is -0.396 e. The molecule has 1 fully saturated rings. The highest BCUT2D eigenvalue weighted by molar-refractivity contribution is 6.33. The summed E-state index contributed by atoms with van der Waals surface area (Å²) in [4.78, 5) is 2.40. The second-order valence-corrected chi connectivity index (χ2v) is 5.86. The number of benzene rings is 1. The van der Waals surface area contributed by atoms with Crippen molar-refractivity contribution in [3.63, 3.8) is 0 Å². The predicted octanol–water partition coefficient (Wildman–Crippen LogP) is 3.76. The summed E-state index contributed by atoms with van der Waals surface area (Å²) in [5.74, 6) is 0.152. The van der Waals surface area contributed by atoms with Crippen LogP contribution in [-0.4, -0.2) is 29.7 Å². The predicted molar refractivity (Wildman–Crippen MR) is 76.3 cm³/mol. The van der Waals surface area contributed by atoms with Gasteiger partial charge in [-0.3, -0.25) is 4.90 Å². The van der Waals surface area contributed by atoms with Crippen LogP contribution < -0.4 is 0 Å². The molecular formula is C14H19Cl2NO. The Balaban J connectivity index is 2.35. The SMILES string of the molecule is CC(CO)C(c1cc(Cl)ccc1Cl)N1CCCC1. The highest BCUT2D eigenvalue weighted by Gasteiger charge is 2.29. The number of likely N-dealkylation sites (tertiary alicyclic amines) is 1. The van der Waals surface area contributed by atoms with E-state index in [0.717, 1.165) is 23.7 Å². The number of hydrogen-bond acceptors (Lipinski definition) is 2. The number of nitrogens with zero attached hydrogens (tertiary/aromatic N) is 1. The Kier molecular flexibility index (Phi) is 4.91. The largest absolute Gasteiger partial charge is 0.396 e. The van der Waals surface area contributed by atoms with E-state index >= 15 is 0 Å². The molecule has 1 aromatic rings. The van der Waals surface area contributed by atoms with Gasteiger partial charge in [0.15, 0.2) is 0 Å². The number of halogens is 2. The van der Waals surface area contributed by atoms with Crippen LogP contribution in [-0.2, 0) is 0 Å². The third kappa shape index (κ3) is 3.00. The van der Waals surface area contributed by atoms with E-state index in [0.29, 0.717) is 5.02 Å². The van der Waals surface area contributed by atoms with Gasteiger partial charge in [0.1, 0.15) is 0 Å². The van der Waals surface area contributed by atoms with Crippen LogP contribution in [0.4, 0.5) is 0 Å². The Morgan fingerprint density at radius 3 is 2.56 bits per heavy atom. The molecule has 100 valence electrons. The van der Waals surface area contributed by atoms with Crippen molar-refractivity contribution in [1.29, 1.82) is 0 Å². The fourth-order valence-corrected chi connectivity index (χ4v) is 3.13. The van der Waals surface area contributed by atoms with Gasteiger partial charge in [-0.1, -0.05) is 30.1 Å². The van der Waals surface area contributed by atoms with Crippen molar-refractivity contribution in [3.05, 3.63) is 33.8 Å².